The highest BCUT2D eigenvalue weighted by Crippen LogP contribution is 2.42. The standard InChI is InChI=1S/C28H25Cl2FN4O2/c1-28(27(37)33-19-5-2-4-18(29)13-19)22(21-6-3-7-23(30)26(21)31)14-20(34-28)10-11-35-16-32-24-12-17(15-36)8-9-25(24)35/h2-9,12-13,15-16,20,22,34H,10-11,14H2,1H3,(H,33,37)/t20-,22?,28+/m0/s1. The van der Waals surface area contributed by atoms with Crippen molar-refractivity contribution in [2.24, 2.45) is 0 Å². The number of fused-ring (bicyclic) bond motifs is 1. The van der Waals surface area contributed by atoms with E-state index in [1.165, 1.54) is 6.07 Å². The van der Waals surface area contributed by atoms with Gasteiger partial charge in [0.25, 0.3) is 0 Å². The van der Waals surface area contributed by atoms with Gasteiger partial charge in [-0.05, 0) is 67.8 Å². The minimum Gasteiger partial charge on any atom is -0.331 e. The zero-order chi connectivity index (χ0) is 26.2. The van der Waals surface area contributed by atoms with Crippen LogP contribution in [0.5, 0.6) is 0 Å². The third kappa shape index (κ3) is 4.99. The molecule has 1 aliphatic heterocycles. The number of halogens is 3. The number of imidazole rings is 1. The van der Waals surface area contributed by atoms with Crippen LogP contribution in [0.25, 0.3) is 11.0 Å². The Labute approximate surface area is 223 Å². The molecule has 0 bridgehead atoms. The summed E-state index contributed by atoms with van der Waals surface area (Å²) in [7, 11) is 0. The van der Waals surface area contributed by atoms with Gasteiger partial charge in [0.05, 0.1) is 22.4 Å². The van der Waals surface area contributed by atoms with E-state index in [4.69, 9.17) is 23.2 Å². The molecule has 3 atom stereocenters. The van der Waals surface area contributed by atoms with E-state index in [0.29, 0.717) is 41.2 Å². The quantitative estimate of drug-likeness (QED) is 0.273. The van der Waals surface area contributed by atoms with E-state index < -0.39 is 17.3 Å². The summed E-state index contributed by atoms with van der Waals surface area (Å²) in [6, 6.07) is 17.1. The van der Waals surface area contributed by atoms with E-state index in [-0.39, 0.29) is 17.0 Å². The second-order valence-electron chi connectivity index (χ2n) is 9.53. The molecule has 1 fully saturated rings. The predicted octanol–water partition coefficient (Wildman–Crippen LogP) is 6.23. The first-order valence-electron chi connectivity index (χ1n) is 12.0. The molecule has 5 rings (SSSR count). The number of nitrogens with zero attached hydrogens (tertiary/aromatic N) is 2. The van der Waals surface area contributed by atoms with Crippen molar-refractivity contribution >= 4 is 52.1 Å². The van der Waals surface area contributed by atoms with Crippen molar-refractivity contribution in [3.05, 3.63) is 94.0 Å². The maximum absolute atomic E-state index is 15.2. The van der Waals surface area contributed by atoms with Gasteiger partial charge in [0.2, 0.25) is 5.91 Å². The average Bonchev–Trinajstić information content (AvgIpc) is 3.45. The van der Waals surface area contributed by atoms with Crippen molar-refractivity contribution in [1.82, 2.24) is 14.9 Å². The summed E-state index contributed by atoms with van der Waals surface area (Å²) in [5.41, 5.74) is 2.10. The SMILES string of the molecule is C[C@@]1(C(=O)Nc2cccc(Cl)c2)N[C@@H](CCn2cnc3cc(C=O)ccc32)CC1c1cccc(Cl)c1F. The largest absolute Gasteiger partial charge is 0.331 e. The second kappa shape index (κ2) is 10.2. The molecule has 1 amide bonds. The minimum absolute atomic E-state index is 0.0260. The first-order valence-corrected chi connectivity index (χ1v) is 12.7. The minimum atomic E-state index is -1.10. The topological polar surface area (TPSA) is 76.0 Å². The first kappa shape index (κ1) is 25.4. The van der Waals surface area contributed by atoms with Gasteiger partial charge in [0.1, 0.15) is 17.6 Å². The molecule has 9 heteroatoms. The maximum atomic E-state index is 15.2. The Hall–Kier alpha value is -3.26. The molecule has 1 unspecified atom stereocenters. The van der Waals surface area contributed by atoms with E-state index >= 15 is 4.39 Å². The number of carbonyl (C=O) groups excluding carboxylic acids is 2. The van der Waals surface area contributed by atoms with Gasteiger partial charge in [0, 0.05) is 34.8 Å². The van der Waals surface area contributed by atoms with E-state index in [9.17, 15) is 9.59 Å². The fourth-order valence-electron chi connectivity index (χ4n) is 5.20. The molecule has 0 radical (unpaired) electrons. The highest BCUT2D eigenvalue weighted by Gasteiger charge is 2.50. The Morgan fingerprint density at radius 2 is 2.03 bits per heavy atom. The van der Waals surface area contributed by atoms with Crippen LogP contribution in [0.15, 0.2) is 67.0 Å². The van der Waals surface area contributed by atoms with Crippen LogP contribution < -0.4 is 10.6 Å². The summed E-state index contributed by atoms with van der Waals surface area (Å²) in [6.07, 6.45) is 3.76. The van der Waals surface area contributed by atoms with Crippen LogP contribution >= 0.6 is 23.2 Å². The number of hydrogen-bond donors (Lipinski definition) is 2. The molecule has 2 N–H and O–H groups in total. The van der Waals surface area contributed by atoms with E-state index in [1.54, 1.807) is 61.8 Å². The third-order valence-corrected chi connectivity index (χ3v) is 7.66. The number of carbonyl (C=O) groups is 2. The summed E-state index contributed by atoms with van der Waals surface area (Å²) in [5.74, 6) is -1.24. The van der Waals surface area contributed by atoms with Crippen molar-refractivity contribution in [2.45, 2.75) is 43.8 Å². The molecule has 0 spiro atoms. The van der Waals surface area contributed by atoms with Gasteiger partial charge in [-0.3, -0.25) is 9.59 Å². The summed E-state index contributed by atoms with van der Waals surface area (Å²) >= 11 is 12.2. The molecular formula is C28H25Cl2FN4O2. The van der Waals surface area contributed by atoms with Gasteiger partial charge < -0.3 is 15.2 Å². The summed E-state index contributed by atoms with van der Waals surface area (Å²) < 4.78 is 17.2. The van der Waals surface area contributed by atoms with Crippen LogP contribution in [0.2, 0.25) is 10.0 Å². The van der Waals surface area contributed by atoms with Crippen LogP contribution in [0.4, 0.5) is 10.1 Å². The summed E-state index contributed by atoms with van der Waals surface area (Å²) in [5, 5.41) is 6.96. The molecule has 6 nitrogen and oxygen atoms in total. The van der Waals surface area contributed by atoms with E-state index in [2.05, 4.69) is 15.6 Å². The van der Waals surface area contributed by atoms with Crippen molar-refractivity contribution in [1.29, 1.82) is 0 Å². The lowest BCUT2D eigenvalue weighted by Crippen LogP contribution is -2.53. The predicted molar refractivity (Wildman–Crippen MR) is 144 cm³/mol. The fraction of sp³-hybridized carbons (Fsp3) is 0.250. The summed E-state index contributed by atoms with van der Waals surface area (Å²) in [6.45, 7) is 2.43. The molecule has 37 heavy (non-hydrogen) atoms. The fourth-order valence-corrected chi connectivity index (χ4v) is 5.57. The molecule has 1 aromatic heterocycles. The summed E-state index contributed by atoms with van der Waals surface area (Å²) in [4.78, 5) is 29.1. The van der Waals surface area contributed by atoms with Crippen LogP contribution in [-0.2, 0) is 11.3 Å². The Balaban J connectivity index is 1.41. The Bertz CT molecular complexity index is 1490. The molecule has 0 aliphatic carbocycles. The van der Waals surface area contributed by atoms with Gasteiger partial charge in [0.15, 0.2) is 0 Å². The number of anilines is 1. The Morgan fingerprint density at radius 3 is 2.81 bits per heavy atom. The molecular weight excluding hydrogens is 514 g/mol. The third-order valence-electron chi connectivity index (χ3n) is 7.13. The second-order valence-corrected chi connectivity index (χ2v) is 10.4. The smallest absolute Gasteiger partial charge is 0.245 e. The monoisotopic (exact) mass is 538 g/mol. The maximum Gasteiger partial charge on any atom is 0.245 e. The van der Waals surface area contributed by atoms with Gasteiger partial charge in [-0.25, -0.2) is 9.37 Å². The molecule has 0 saturated carbocycles. The number of nitrogens with one attached hydrogen (secondary N) is 2. The Kier molecular flexibility index (Phi) is 7.03. The molecule has 1 saturated heterocycles. The highest BCUT2D eigenvalue weighted by molar-refractivity contribution is 6.31. The van der Waals surface area contributed by atoms with Crippen molar-refractivity contribution in [2.75, 3.05) is 5.32 Å². The number of aromatic nitrogens is 2. The van der Waals surface area contributed by atoms with Crippen molar-refractivity contribution in [3.8, 4) is 0 Å². The highest BCUT2D eigenvalue weighted by atomic mass is 35.5. The first-order chi connectivity index (χ1) is 17.8. The van der Waals surface area contributed by atoms with Crippen LogP contribution in [0.1, 0.15) is 41.6 Å². The van der Waals surface area contributed by atoms with Crippen molar-refractivity contribution < 1.29 is 14.0 Å². The van der Waals surface area contributed by atoms with Crippen LogP contribution in [0, 0.1) is 5.82 Å². The molecule has 1 aliphatic rings. The lowest BCUT2D eigenvalue weighted by molar-refractivity contribution is -0.121. The molecule has 190 valence electrons. The van der Waals surface area contributed by atoms with Gasteiger partial charge in [-0.15, -0.1) is 0 Å². The van der Waals surface area contributed by atoms with Gasteiger partial charge in [-0.2, -0.15) is 0 Å². The average molecular weight is 539 g/mol. The van der Waals surface area contributed by atoms with E-state index in [1.807, 2.05) is 10.6 Å². The number of amides is 1. The number of rotatable bonds is 7. The number of hydrogen-bond acceptors (Lipinski definition) is 4. The zero-order valence-corrected chi connectivity index (χ0v) is 21.6. The number of aryl methyl sites for hydroxylation is 1. The molecule has 3 aromatic carbocycles. The number of benzene rings is 3. The van der Waals surface area contributed by atoms with Gasteiger partial charge >= 0.3 is 0 Å². The van der Waals surface area contributed by atoms with E-state index in [0.717, 1.165) is 17.3 Å². The van der Waals surface area contributed by atoms with Gasteiger partial charge in [-0.1, -0.05) is 41.4 Å². The lowest BCUT2D eigenvalue weighted by Gasteiger charge is -2.31. The van der Waals surface area contributed by atoms with Crippen molar-refractivity contribution in [3.63, 3.8) is 0 Å². The van der Waals surface area contributed by atoms with Crippen LogP contribution in [-0.4, -0.2) is 33.3 Å². The number of aldehydes is 1. The van der Waals surface area contributed by atoms with Crippen LogP contribution in [0.3, 0.4) is 0 Å². The molecule has 4 aromatic rings. The molecule has 2 heterocycles. The zero-order valence-electron chi connectivity index (χ0n) is 20.0. The lowest BCUT2D eigenvalue weighted by atomic mass is 9.80. The normalized spacial score (nSPS) is 21.3. The Morgan fingerprint density at radius 1 is 1.22 bits per heavy atom.